The fourth-order valence-corrected chi connectivity index (χ4v) is 3.57. The molecule has 2 aliphatic rings. The second-order valence-electron chi connectivity index (χ2n) is 6.23. The maximum Gasteiger partial charge on any atom is 0.00978 e. The molecule has 0 heterocycles. The van der Waals surface area contributed by atoms with Crippen LogP contribution >= 0.6 is 0 Å². The summed E-state index contributed by atoms with van der Waals surface area (Å²) < 4.78 is 0. The molecule has 0 aromatic rings. The summed E-state index contributed by atoms with van der Waals surface area (Å²) in [6.07, 6.45) is 13.0. The van der Waals surface area contributed by atoms with E-state index in [1.54, 1.807) is 0 Å². The maximum absolute atomic E-state index is 3.98. The highest BCUT2D eigenvalue weighted by atomic mass is 15.0. The van der Waals surface area contributed by atoms with Crippen molar-refractivity contribution < 1.29 is 0 Å². The van der Waals surface area contributed by atoms with Gasteiger partial charge in [-0.05, 0) is 31.1 Å². The van der Waals surface area contributed by atoms with E-state index < -0.39 is 0 Å². The summed E-state index contributed by atoms with van der Waals surface area (Å²) in [5.74, 6) is 1.81. The first kappa shape index (κ1) is 12.4. The van der Waals surface area contributed by atoms with Crippen LogP contribution in [-0.2, 0) is 0 Å². The first-order valence-corrected chi connectivity index (χ1v) is 7.53. The highest BCUT2D eigenvalue weighted by Gasteiger charge is 2.28. The topological polar surface area (TPSA) is 12.0 Å². The molecule has 2 saturated carbocycles. The van der Waals surface area contributed by atoms with Crippen molar-refractivity contribution in [3.63, 3.8) is 0 Å². The summed E-state index contributed by atoms with van der Waals surface area (Å²) in [4.78, 5) is 0. The van der Waals surface area contributed by atoms with Crippen LogP contribution in [-0.4, -0.2) is 12.1 Å². The monoisotopic (exact) mass is 223 g/mol. The summed E-state index contributed by atoms with van der Waals surface area (Å²) in [6, 6.07) is 1.65. The van der Waals surface area contributed by atoms with E-state index in [4.69, 9.17) is 0 Å². The number of hydrogen-bond acceptors (Lipinski definition) is 1. The smallest absolute Gasteiger partial charge is 0.00978 e. The van der Waals surface area contributed by atoms with Gasteiger partial charge >= 0.3 is 0 Å². The van der Waals surface area contributed by atoms with E-state index in [1.165, 1.54) is 57.8 Å². The molecule has 0 saturated heterocycles. The van der Waals surface area contributed by atoms with Gasteiger partial charge in [-0.1, -0.05) is 52.4 Å². The molecule has 1 N–H and O–H groups in total. The standard InChI is InChI=1S/C15H29N/c1-12-8-7-11-15(13(12)2)16-14-9-5-3-4-6-10-14/h12-16H,3-11H2,1-2H3. The fraction of sp³-hybridized carbons (Fsp3) is 1.00. The van der Waals surface area contributed by atoms with Crippen LogP contribution in [0.15, 0.2) is 0 Å². The third-order valence-electron chi connectivity index (χ3n) is 5.01. The zero-order chi connectivity index (χ0) is 11.4. The lowest BCUT2D eigenvalue weighted by Crippen LogP contribution is -2.45. The molecule has 16 heavy (non-hydrogen) atoms. The van der Waals surface area contributed by atoms with E-state index >= 15 is 0 Å². The predicted octanol–water partition coefficient (Wildman–Crippen LogP) is 4.12. The SMILES string of the molecule is CC1CCCC(NC2CCCCCC2)C1C. The summed E-state index contributed by atoms with van der Waals surface area (Å²) in [5.41, 5.74) is 0. The molecule has 1 heteroatoms. The van der Waals surface area contributed by atoms with E-state index in [-0.39, 0.29) is 0 Å². The Hall–Kier alpha value is -0.0400. The van der Waals surface area contributed by atoms with E-state index in [9.17, 15) is 0 Å². The fourth-order valence-electron chi connectivity index (χ4n) is 3.57. The number of hydrogen-bond donors (Lipinski definition) is 1. The average molecular weight is 223 g/mol. The molecule has 0 aliphatic heterocycles. The molecule has 0 amide bonds. The molecule has 0 bridgehead atoms. The van der Waals surface area contributed by atoms with Gasteiger partial charge in [-0.15, -0.1) is 0 Å². The Morgan fingerprint density at radius 1 is 0.750 bits per heavy atom. The van der Waals surface area contributed by atoms with Crippen molar-refractivity contribution in [2.24, 2.45) is 11.8 Å². The molecule has 1 nitrogen and oxygen atoms in total. The van der Waals surface area contributed by atoms with Gasteiger partial charge in [0.1, 0.15) is 0 Å². The van der Waals surface area contributed by atoms with Gasteiger partial charge in [-0.2, -0.15) is 0 Å². The van der Waals surface area contributed by atoms with E-state index in [1.807, 2.05) is 0 Å². The van der Waals surface area contributed by atoms with E-state index in [2.05, 4.69) is 19.2 Å². The second-order valence-corrected chi connectivity index (χ2v) is 6.23. The Balaban J connectivity index is 1.82. The summed E-state index contributed by atoms with van der Waals surface area (Å²) in [7, 11) is 0. The van der Waals surface area contributed by atoms with Crippen molar-refractivity contribution in [2.45, 2.75) is 83.7 Å². The van der Waals surface area contributed by atoms with Gasteiger partial charge in [0, 0.05) is 12.1 Å². The Morgan fingerprint density at radius 3 is 2.12 bits per heavy atom. The van der Waals surface area contributed by atoms with Crippen LogP contribution < -0.4 is 5.32 Å². The molecule has 0 aromatic heterocycles. The quantitative estimate of drug-likeness (QED) is 0.694. The zero-order valence-corrected chi connectivity index (χ0v) is 11.2. The van der Waals surface area contributed by atoms with Crippen molar-refractivity contribution in [3.8, 4) is 0 Å². The van der Waals surface area contributed by atoms with Crippen LogP contribution in [0.2, 0.25) is 0 Å². The van der Waals surface area contributed by atoms with Gasteiger partial charge in [0.2, 0.25) is 0 Å². The third kappa shape index (κ3) is 3.23. The van der Waals surface area contributed by atoms with Gasteiger partial charge in [-0.3, -0.25) is 0 Å². The molecule has 0 aromatic carbocycles. The van der Waals surface area contributed by atoms with Crippen molar-refractivity contribution in [1.82, 2.24) is 5.32 Å². The lowest BCUT2D eigenvalue weighted by molar-refractivity contribution is 0.189. The Labute approximate surface area is 101 Å². The largest absolute Gasteiger partial charge is 0.311 e. The van der Waals surface area contributed by atoms with E-state index in [0.717, 1.165) is 23.9 Å². The van der Waals surface area contributed by atoms with Crippen molar-refractivity contribution in [1.29, 1.82) is 0 Å². The summed E-state index contributed by atoms with van der Waals surface area (Å²) in [5, 5.41) is 3.98. The predicted molar refractivity (Wildman–Crippen MR) is 70.6 cm³/mol. The molecular formula is C15H29N. The van der Waals surface area contributed by atoms with Crippen LogP contribution in [0.1, 0.15) is 71.6 Å². The second kappa shape index (κ2) is 6.05. The lowest BCUT2D eigenvalue weighted by atomic mass is 9.77. The van der Waals surface area contributed by atoms with Gasteiger partial charge in [0.15, 0.2) is 0 Å². The van der Waals surface area contributed by atoms with Crippen LogP contribution in [0.25, 0.3) is 0 Å². The van der Waals surface area contributed by atoms with Gasteiger partial charge < -0.3 is 5.32 Å². The maximum atomic E-state index is 3.98. The Bertz CT molecular complexity index is 194. The van der Waals surface area contributed by atoms with Crippen LogP contribution in [0, 0.1) is 11.8 Å². The molecule has 2 fully saturated rings. The number of nitrogens with one attached hydrogen (secondary N) is 1. The molecular weight excluding hydrogens is 194 g/mol. The highest BCUT2D eigenvalue weighted by molar-refractivity contribution is 4.85. The van der Waals surface area contributed by atoms with Crippen LogP contribution in [0.5, 0.6) is 0 Å². The van der Waals surface area contributed by atoms with Crippen molar-refractivity contribution in [3.05, 3.63) is 0 Å². The molecule has 2 rings (SSSR count). The van der Waals surface area contributed by atoms with Gasteiger partial charge in [0.25, 0.3) is 0 Å². The zero-order valence-electron chi connectivity index (χ0n) is 11.2. The first-order chi connectivity index (χ1) is 7.77. The normalized spacial score (nSPS) is 38.2. The molecule has 3 unspecified atom stereocenters. The third-order valence-corrected chi connectivity index (χ3v) is 5.01. The summed E-state index contributed by atoms with van der Waals surface area (Å²) >= 11 is 0. The summed E-state index contributed by atoms with van der Waals surface area (Å²) in [6.45, 7) is 4.89. The lowest BCUT2D eigenvalue weighted by Gasteiger charge is -2.37. The first-order valence-electron chi connectivity index (χ1n) is 7.53. The molecule has 2 aliphatic carbocycles. The van der Waals surface area contributed by atoms with E-state index in [0.29, 0.717) is 0 Å². The minimum Gasteiger partial charge on any atom is -0.311 e. The Kier molecular flexibility index (Phi) is 4.69. The van der Waals surface area contributed by atoms with Gasteiger partial charge in [0.05, 0.1) is 0 Å². The van der Waals surface area contributed by atoms with Crippen LogP contribution in [0.3, 0.4) is 0 Å². The minimum absolute atomic E-state index is 0.812. The van der Waals surface area contributed by atoms with Crippen molar-refractivity contribution in [2.75, 3.05) is 0 Å². The van der Waals surface area contributed by atoms with Crippen LogP contribution in [0.4, 0.5) is 0 Å². The molecule has 3 atom stereocenters. The molecule has 94 valence electrons. The average Bonchev–Trinajstić information content (AvgIpc) is 2.53. The minimum atomic E-state index is 0.812. The molecule has 0 radical (unpaired) electrons. The number of rotatable bonds is 2. The van der Waals surface area contributed by atoms with Gasteiger partial charge in [-0.25, -0.2) is 0 Å². The highest BCUT2D eigenvalue weighted by Crippen LogP contribution is 2.30. The van der Waals surface area contributed by atoms with Crippen molar-refractivity contribution >= 4 is 0 Å². The molecule has 0 spiro atoms. The Morgan fingerprint density at radius 2 is 1.44 bits per heavy atom.